The largest absolute Gasteiger partial charge is 0.489 e. The third-order valence-electron chi connectivity index (χ3n) is 6.16. The summed E-state index contributed by atoms with van der Waals surface area (Å²) in [5, 5.41) is 10.1. The van der Waals surface area contributed by atoms with Crippen LogP contribution in [0.3, 0.4) is 0 Å². The van der Waals surface area contributed by atoms with Crippen molar-refractivity contribution in [3.8, 4) is 16.9 Å². The molecule has 3 N–H and O–H groups in total. The minimum atomic E-state index is -0.870. The molecule has 8 nitrogen and oxygen atoms in total. The van der Waals surface area contributed by atoms with Gasteiger partial charge >= 0.3 is 6.09 Å². The van der Waals surface area contributed by atoms with Gasteiger partial charge in [0.15, 0.2) is 0 Å². The average molecular weight is 444 g/mol. The van der Waals surface area contributed by atoms with Crippen LogP contribution >= 0.6 is 0 Å². The van der Waals surface area contributed by atoms with Crippen LogP contribution in [-0.4, -0.2) is 43.7 Å². The number of carbonyl (C=O) groups is 1. The maximum atomic E-state index is 11.3. The summed E-state index contributed by atoms with van der Waals surface area (Å²) in [6.07, 6.45) is 4.11. The first-order valence-electron chi connectivity index (χ1n) is 11.0. The fraction of sp³-hybridized carbons (Fsp3) is 0.240. The lowest BCUT2D eigenvalue weighted by Gasteiger charge is -2.31. The van der Waals surface area contributed by atoms with Crippen molar-refractivity contribution in [2.24, 2.45) is 0 Å². The number of hydrogen-bond donors (Lipinski definition) is 2. The number of nitrogen functional groups attached to an aromatic ring is 1. The minimum absolute atomic E-state index is 0.142. The molecule has 1 fully saturated rings. The molecule has 0 radical (unpaired) electrons. The van der Waals surface area contributed by atoms with Gasteiger partial charge in [0.2, 0.25) is 0 Å². The van der Waals surface area contributed by atoms with Crippen LogP contribution in [0.5, 0.6) is 5.75 Å². The maximum Gasteiger partial charge on any atom is 0.407 e. The van der Waals surface area contributed by atoms with Gasteiger partial charge < -0.3 is 25.0 Å². The Morgan fingerprint density at radius 2 is 1.88 bits per heavy atom. The number of benzene rings is 2. The molecule has 3 heterocycles. The summed E-state index contributed by atoms with van der Waals surface area (Å²) in [7, 11) is 0. The molecule has 2 aromatic heterocycles. The van der Waals surface area contributed by atoms with Gasteiger partial charge in [0.1, 0.15) is 30.1 Å². The van der Waals surface area contributed by atoms with Crippen LogP contribution in [0.1, 0.15) is 24.4 Å². The van der Waals surface area contributed by atoms with Gasteiger partial charge in [-0.2, -0.15) is 0 Å². The Morgan fingerprint density at radius 1 is 1.09 bits per heavy atom. The van der Waals surface area contributed by atoms with Crippen LogP contribution in [0.25, 0.3) is 22.2 Å². The van der Waals surface area contributed by atoms with Crippen LogP contribution in [0.2, 0.25) is 0 Å². The first kappa shape index (κ1) is 20.8. The Bertz CT molecular complexity index is 1280. The predicted molar refractivity (Wildman–Crippen MR) is 126 cm³/mol. The fourth-order valence-corrected chi connectivity index (χ4v) is 4.44. The SMILES string of the molecule is Nc1ncnc2c1c(-c1cccc(OCc3ccccc3)c1)cn2C1CCN(C(=O)O)CC1. The van der Waals surface area contributed by atoms with Gasteiger partial charge in [-0.15, -0.1) is 0 Å². The molecule has 1 aliphatic heterocycles. The summed E-state index contributed by atoms with van der Waals surface area (Å²) in [6.45, 7) is 1.48. The van der Waals surface area contributed by atoms with E-state index in [1.807, 2.05) is 54.6 Å². The Labute approximate surface area is 191 Å². The predicted octanol–water partition coefficient (Wildman–Crippen LogP) is 4.57. The van der Waals surface area contributed by atoms with E-state index < -0.39 is 6.09 Å². The molecular weight excluding hydrogens is 418 g/mol. The van der Waals surface area contributed by atoms with Crippen molar-refractivity contribution in [2.45, 2.75) is 25.5 Å². The number of rotatable bonds is 5. The van der Waals surface area contributed by atoms with E-state index >= 15 is 0 Å². The number of amides is 1. The number of nitrogens with zero attached hydrogens (tertiary/aromatic N) is 4. The number of piperidine rings is 1. The van der Waals surface area contributed by atoms with E-state index in [2.05, 4.69) is 20.7 Å². The second-order valence-electron chi connectivity index (χ2n) is 8.21. The van der Waals surface area contributed by atoms with Crippen molar-refractivity contribution >= 4 is 22.9 Å². The third-order valence-corrected chi connectivity index (χ3v) is 6.16. The number of likely N-dealkylation sites (tertiary alicyclic amines) is 1. The maximum absolute atomic E-state index is 11.3. The molecular formula is C25H25N5O3. The average Bonchev–Trinajstić information content (AvgIpc) is 3.25. The van der Waals surface area contributed by atoms with Crippen molar-refractivity contribution < 1.29 is 14.6 Å². The van der Waals surface area contributed by atoms with Gasteiger partial charge in [-0.1, -0.05) is 42.5 Å². The number of aromatic nitrogens is 3. The molecule has 0 bridgehead atoms. The monoisotopic (exact) mass is 443 g/mol. The van der Waals surface area contributed by atoms with E-state index in [9.17, 15) is 9.90 Å². The van der Waals surface area contributed by atoms with E-state index in [1.54, 1.807) is 0 Å². The molecule has 0 aliphatic carbocycles. The summed E-state index contributed by atoms with van der Waals surface area (Å²) in [6, 6.07) is 18.1. The number of anilines is 1. The lowest BCUT2D eigenvalue weighted by Crippen LogP contribution is -2.38. The highest BCUT2D eigenvalue weighted by molar-refractivity contribution is 6.00. The Hall–Kier alpha value is -4.07. The summed E-state index contributed by atoms with van der Waals surface area (Å²) in [5.74, 6) is 1.19. The van der Waals surface area contributed by atoms with E-state index in [4.69, 9.17) is 10.5 Å². The van der Waals surface area contributed by atoms with Gasteiger partial charge in [-0.25, -0.2) is 14.8 Å². The van der Waals surface area contributed by atoms with E-state index in [0.717, 1.165) is 46.3 Å². The summed E-state index contributed by atoms with van der Waals surface area (Å²) >= 11 is 0. The molecule has 0 unspecified atom stereocenters. The zero-order valence-corrected chi connectivity index (χ0v) is 18.1. The highest BCUT2D eigenvalue weighted by Crippen LogP contribution is 2.37. The fourth-order valence-electron chi connectivity index (χ4n) is 4.44. The highest BCUT2D eigenvalue weighted by Gasteiger charge is 2.26. The van der Waals surface area contributed by atoms with Crippen molar-refractivity contribution in [3.63, 3.8) is 0 Å². The number of carboxylic acid groups (broad SMARTS) is 1. The normalized spacial score (nSPS) is 14.5. The number of ether oxygens (including phenoxy) is 1. The minimum Gasteiger partial charge on any atom is -0.489 e. The molecule has 168 valence electrons. The van der Waals surface area contributed by atoms with Gasteiger partial charge in [-0.3, -0.25) is 0 Å². The Morgan fingerprint density at radius 3 is 2.64 bits per heavy atom. The van der Waals surface area contributed by atoms with Crippen molar-refractivity contribution in [1.82, 2.24) is 19.4 Å². The number of hydrogen-bond acceptors (Lipinski definition) is 5. The summed E-state index contributed by atoms with van der Waals surface area (Å²) in [4.78, 5) is 21.5. The molecule has 1 amide bonds. The van der Waals surface area contributed by atoms with Crippen LogP contribution in [0.4, 0.5) is 10.6 Å². The molecule has 2 aromatic carbocycles. The molecule has 0 spiro atoms. The zero-order chi connectivity index (χ0) is 22.8. The molecule has 1 aliphatic rings. The van der Waals surface area contributed by atoms with Crippen LogP contribution in [-0.2, 0) is 6.61 Å². The van der Waals surface area contributed by atoms with E-state index in [1.165, 1.54) is 11.2 Å². The van der Waals surface area contributed by atoms with Crippen molar-refractivity contribution in [1.29, 1.82) is 0 Å². The zero-order valence-electron chi connectivity index (χ0n) is 18.1. The van der Waals surface area contributed by atoms with Gasteiger partial charge in [0.25, 0.3) is 0 Å². The Balaban J connectivity index is 1.47. The molecule has 0 atom stereocenters. The Kier molecular flexibility index (Phi) is 5.56. The lowest BCUT2D eigenvalue weighted by molar-refractivity contribution is 0.126. The number of nitrogens with two attached hydrogens (primary N) is 1. The van der Waals surface area contributed by atoms with E-state index in [0.29, 0.717) is 25.5 Å². The second-order valence-corrected chi connectivity index (χ2v) is 8.21. The van der Waals surface area contributed by atoms with Gasteiger partial charge in [0, 0.05) is 30.9 Å². The molecule has 8 heteroatoms. The lowest BCUT2D eigenvalue weighted by atomic mass is 10.1. The molecule has 0 saturated carbocycles. The topological polar surface area (TPSA) is 107 Å². The van der Waals surface area contributed by atoms with Crippen molar-refractivity contribution in [3.05, 3.63) is 72.7 Å². The first-order chi connectivity index (χ1) is 16.1. The quantitative estimate of drug-likeness (QED) is 0.468. The summed E-state index contributed by atoms with van der Waals surface area (Å²) in [5.41, 5.74) is 10.1. The van der Waals surface area contributed by atoms with Crippen LogP contribution < -0.4 is 10.5 Å². The smallest absolute Gasteiger partial charge is 0.407 e. The second kappa shape index (κ2) is 8.82. The molecule has 33 heavy (non-hydrogen) atoms. The van der Waals surface area contributed by atoms with Gasteiger partial charge in [-0.05, 0) is 36.1 Å². The summed E-state index contributed by atoms with van der Waals surface area (Å²) < 4.78 is 8.15. The molecule has 4 aromatic rings. The first-order valence-corrected chi connectivity index (χ1v) is 11.0. The number of fused-ring (bicyclic) bond motifs is 1. The van der Waals surface area contributed by atoms with Crippen LogP contribution in [0, 0.1) is 0 Å². The van der Waals surface area contributed by atoms with Gasteiger partial charge in [0.05, 0.1) is 5.39 Å². The third kappa shape index (κ3) is 4.19. The standard InChI is InChI=1S/C25H25N5O3/c26-23-22-21(18-7-4-8-20(13-18)33-15-17-5-2-1-3-6-17)14-30(24(22)28-16-27-23)19-9-11-29(12-10-19)25(31)32/h1-8,13-14,16,19H,9-12,15H2,(H,31,32)(H2,26,27,28). The molecule has 1 saturated heterocycles. The van der Waals surface area contributed by atoms with Crippen LogP contribution in [0.15, 0.2) is 67.1 Å². The van der Waals surface area contributed by atoms with E-state index in [-0.39, 0.29) is 6.04 Å². The van der Waals surface area contributed by atoms with Crippen molar-refractivity contribution in [2.75, 3.05) is 18.8 Å². The molecule has 5 rings (SSSR count). The highest BCUT2D eigenvalue weighted by atomic mass is 16.5.